The highest BCUT2D eigenvalue weighted by Crippen LogP contribution is 2.21. The highest BCUT2D eigenvalue weighted by Gasteiger charge is 2.19. The second-order valence-electron chi connectivity index (χ2n) is 6.62. The number of rotatable bonds is 5. The Morgan fingerprint density at radius 3 is 2.78 bits per heavy atom. The first-order valence-electron chi connectivity index (χ1n) is 6.97. The van der Waals surface area contributed by atoms with Gasteiger partial charge in [0.2, 0.25) is 5.91 Å². The van der Waals surface area contributed by atoms with E-state index in [1.54, 1.807) is 0 Å². The summed E-state index contributed by atoms with van der Waals surface area (Å²) < 4.78 is 5.39. The number of amides is 1. The Labute approximate surface area is 111 Å². The van der Waals surface area contributed by atoms with Gasteiger partial charge in [-0.1, -0.05) is 20.8 Å². The number of hydrogen-bond donors (Lipinski definition) is 2. The Hall–Kier alpha value is -0.610. The van der Waals surface area contributed by atoms with E-state index in [9.17, 15) is 4.79 Å². The Kier molecular flexibility index (Phi) is 6.09. The number of carbonyl (C=O) groups is 1. The first kappa shape index (κ1) is 15.4. The van der Waals surface area contributed by atoms with Crippen LogP contribution >= 0.6 is 0 Å². The van der Waals surface area contributed by atoms with E-state index in [0.29, 0.717) is 12.3 Å². The lowest BCUT2D eigenvalue weighted by Crippen LogP contribution is -2.37. The first-order valence-corrected chi connectivity index (χ1v) is 6.97. The van der Waals surface area contributed by atoms with Gasteiger partial charge in [0.25, 0.3) is 0 Å². The van der Waals surface area contributed by atoms with Crippen molar-refractivity contribution in [1.29, 1.82) is 0 Å². The average Bonchev–Trinajstić information content (AvgIpc) is 2.25. The highest BCUT2D eigenvalue weighted by molar-refractivity contribution is 5.76. The van der Waals surface area contributed by atoms with Gasteiger partial charge < -0.3 is 15.8 Å². The maximum absolute atomic E-state index is 11.8. The SMILES string of the molecule is CC(C)(C)CC(N)CC(=O)NCC1CCCOC1. The Balaban J connectivity index is 2.16. The zero-order valence-corrected chi connectivity index (χ0v) is 12.0. The van der Waals surface area contributed by atoms with Crippen molar-refractivity contribution >= 4 is 5.91 Å². The quantitative estimate of drug-likeness (QED) is 0.786. The van der Waals surface area contributed by atoms with E-state index in [-0.39, 0.29) is 17.4 Å². The van der Waals surface area contributed by atoms with Crippen LogP contribution in [-0.2, 0) is 9.53 Å². The summed E-state index contributed by atoms with van der Waals surface area (Å²) in [6.45, 7) is 8.79. The van der Waals surface area contributed by atoms with Crippen LogP contribution in [0.1, 0.15) is 46.5 Å². The Morgan fingerprint density at radius 2 is 2.22 bits per heavy atom. The largest absolute Gasteiger partial charge is 0.381 e. The molecule has 1 aliphatic heterocycles. The van der Waals surface area contributed by atoms with Gasteiger partial charge in [-0.15, -0.1) is 0 Å². The number of carbonyl (C=O) groups excluding carboxylic acids is 1. The smallest absolute Gasteiger partial charge is 0.221 e. The van der Waals surface area contributed by atoms with Crippen molar-refractivity contribution in [2.45, 2.75) is 52.5 Å². The van der Waals surface area contributed by atoms with Crippen LogP contribution < -0.4 is 11.1 Å². The average molecular weight is 256 g/mol. The third kappa shape index (κ3) is 6.97. The van der Waals surface area contributed by atoms with Gasteiger partial charge in [0.1, 0.15) is 0 Å². The van der Waals surface area contributed by atoms with E-state index in [0.717, 1.165) is 39.0 Å². The molecule has 0 bridgehead atoms. The van der Waals surface area contributed by atoms with Crippen molar-refractivity contribution in [2.24, 2.45) is 17.1 Å². The minimum atomic E-state index is -0.0485. The van der Waals surface area contributed by atoms with Gasteiger partial charge in [-0.2, -0.15) is 0 Å². The van der Waals surface area contributed by atoms with E-state index in [2.05, 4.69) is 26.1 Å². The molecule has 0 aromatic carbocycles. The fourth-order valence-corrected chi connectivity index (χ4v) is 2.40. The summed E-state index contributed by atoms with van der Waals surface area (Å²) in [5, 5.41) is 2.97. The van der Waals surface area contributed by atoms with Crippen molar-refractivity contribution in [3.63, 3.8) is 0 Å². The molecule has 0 radical (unpaired) electrons. The summed E-state index contributed by atoms with van der Waals surface area (Å²) >= 11 is 0. The molecule has 1 saturated heterocycles. The second-order valence-corrected chi connectivity index (χ2v) is 6.62. The number of nitrogens with one attached hydrogen (secondary N) is 1. The molecule has 2 unspecified atom stereocenters. The molecule has 0 spiro atoms. The number of hydrogen-bond acceptors (Lipinski definition) is 3. The molecule has 1 fully saturated rings. The van der Waals surface area contributed by atoms with Gasteiger partial charge in [-0.3, -0.25) is 4.79 Å². The van der Waals surface area contributed by atoms with Crippen LogP contribution in [0.4, 0.5) is 0 Å². The Morgan fingerprint density at radius 1 is 1.50 bits per heavy atom. The van der Waals surface area contributed by atoms with E-state index in [1.807, 2.05) is 0 Å². The maximum Gasteiger partial charge on any atom is 0.221 e. The lowest BCUT2D eigenvalue weighted by atomic mass is 9.87. The summed E-state index contributed by atoms with van der Waals surface area (Å²) in [4.78, 5) is 11.8. The summed E-state index contributed by atoms with van der Waals surface area (Å²) in [5.74, 6) is 0.541. The van der Waals surface area contributed by atoms with E-state index >= 15 is 0 Å². The predicted molar refractivity (Wildman–Crippen MR) is 73.2 cm³/mol. The summed E-state index contributed by atoms with van der Waals surface area (Å²) in [6, 6.07) is -0.0485. The molecule has 0 aromatic rings. The maximum atomic E-state index is 11.8. The van der Waals surface area contributed by atoms with Crippen LogP contribution in [0.2, 0.25) is 0 Å². The van der Waals surface area contributed by atoms with Crippen LogP contribution in [-0.4, -0.2) is 31.7 Å². The minimum Gasteiger partial charge on any atom is -0.381 e. The molecule has 18 heavy (non-hydrogen) atoms. The first-order chi connectivity index (χ1) is 8.37. The predicted octanol–water partition coefficient (Wildman–Crippen LogP) is 1.68. The molecule has 1 rings (SSSR count). The molecule has 0 aromatic heterocycles. The second kappa shape index (κ2) is 7.10. The van der Waals surface area contributed by atoms with Gasteiger partial charge in [-0.05, 0) is 30.6 Å². The third-order valence-electron chi connectivity index (χ3n) is 3.16. The topological polar surface area (TPSA) is 64.4 Å². The van der Waals surface area contributed by atoms with Crippen molar-refractivity contribution < 1.29 is 9.53 Å². The molecule has 1 amide bonds. The van der Waals surface area contributed by atoms with E-state index in [4.69, 9.17) is 10.5 Å². The fourth-order valence-electron chi connectivity index (χ4n) is 2.40. The molecule has 4 heteroatoms. The molecule has 1 aliphatic rings. The standard InChI is InChI=1S/C14H28N2O2/c1-14(2,3)8-12(15)7-13(17)16-9-11-5-4-6-18-10-11/h11-12H,4-10,15H2,1-3H3,(H,16,17). The molecule has 4 nitrogen and oxygen atoms in total. The lowest BCUT2D eigenvalue weighted by Gasteiger charge is -2.24. The van der Waals surface area contributed by atoms with Crippen molar-refractivity contribution in [3.05, 3.63) is 0 Å². The van der Waals surface area contributed by atoms with Gasteiger partial charge in [0.05, 0.1) is 6.61 Å². The molecule has 0 saturated carbocycles. The van der Waals surface area contributed by atoms with Gasteiger partial charge in [0, 0.05) is 25.6 Å². The molecular formula is C14H28N2O2. The van der Waals surface area contributed by atoms with E-state index in [1.165, 1.54) is 0 Å². The van der Waals surface area contributed by atoms with Crippen LogP contribution in [0.3, 0.4) is 0 Å². The van der Waals surface area contributed by atoms with Crippen molar-refractivity contribution in [2.75, 3.05) is 19.8 Å². The fraction of sp³-hybridized carbons (Fsp3) is 0.929. The molecule has 2 atom stereocenters. The Bertz CT molecular complexity index is 255. The number of ether oxygens (including phenoxy) is 1. The normalized spacial score (nSPS) is 22.6. The van der Waals surface area contributed by atoms with Crippen LogP contribution in [0.25, 0.3) is 0 Å². The number of nitrogens with two attached hydrogens (primary N) is 1. The molecule has 106 valence electrons. The molecule has 1 heterocycles. The summed E-state index contributed by atoms with van der Waals surface area (Å²) in [6.07, 6.45) is 3.54. The van der Waals surface area contributed by atoms with Crippen molar-refractivity contribution in [1.82, 2.24) is 5.32 Å². The zero-order valence-electron chi connectivity index (χ0n) is 12.0. The van der Waals surface area contributed by atoms with Crippen molar-refractivity contribution in [3.8, 4) is 0 Å². The van der Waals surface area contributed by atoms with Gasteiger partial charge in [0.15, 0.2) is 0 Å². The van der Waals surface area contributed by atoms with Crippen LogP contribution in [0, 0.1) is 11.3 Å². The van der Waals surface area contributed by atoms with Crippen LogP contribution in [0.15, 0.2) is 0 Å². The van der Waals surface area contributed by atoms with Gasteiger partial charge in [-0.25, -0.2) is 0 Å². The third-order valence-corrected chi connectivity index (χ3v) is 3.16. The molecular weight excluding hydrogens is 228 g/mol. The lowest BCUT2D eigenvalue weighted by molar-refractivity contribution is -0.121. The molecule has 3 N–H and O–H groups in total. The zero-order chi connectivity index (χ0) is 13.6. The highest BCUT2D eigenvalue weighted by atomic mass is 16.5. The minimum absolute atomic E-state index is 0.0485. The van der Waals surface area contributed by atoms with Crippen LogP contribution in [0.5, 0.6) is 0 Å². The summed E-state index contributed by atoms with van der Waals surface area (Å²) in [7, 11) is 0. The van der Waals surface area contributed by atoms with Gasteiger partial charge >= 0.3 is 0 Å². The van der Waals surface area contributed by atoms with E-state index < -0.39 is 0 Å². The monoisotopic (exact) mass is 256 g/mol. The summed E-state index contributed by atoms with van der Waals surface area (Å²) in [5.41, 5.74) is 6.16. The molecule has 0 aliphatic carbocycles.